The highest BCUT2D eigenvalue weighted by Crippen LogP contribution is 2.36. The molecule has 1 saturated heterocycles. The number of hydrogen-bond donors (Lipinski definition) is 0. The second-order valence-corrected chi connectivity index (χ2v) is 5.31. The van der Waals surface area contributed by atoms with Crippen LogP contribution in [0.5, 0.6) is 0 Å². The smallest absolute Gasteiger partial charge is 0.399 e. The van der Waals surface area contributed by atoms with E-state index in [0.717, 1.165) is 0 Å². The number of hydrogen-bond acceptors (Lipinski definition) is 3. The summed E-state index contributed by atoms with van der Waals surface area (Å²) in [5, 5.41) is -0.453. The van der Waals surface area contributed by atoms with Gasteiger partial charge in [-0.05, 0) is 33.7 Å². The summed E-state index contributed by atoms with van der Waals surface area (Å²) < 4.78 is 40.6. The van der Waals surface area contributed by atoms with Crippen molar-refractivity contribution >= 4 is 24.2 Å². The zero-order valence-electron chi connectivity index (χ0n) is 12.1. The Balaban J connectivity index is 2.51. The van der Waals surface area contributed by atoms with Crippen LogP contribution in [0.2, 0.25) is 5.15 Å². The molecule has 1 aliphatic heterocycles. The molecule has 0 aromatic carbocycles. The minimum Gasteiger partial charge on any atom is -0.399 e. The quantitative estimate of drug-likeness (QED) is 0.572. The maximum Gasteiger partial charge on any atom is 0.498 e. The fraction of sp³-hybridized carbons (Fsp3) is 0.545. The van der Waals surface area contributed by atoms with Crippen molar-refractivity contribution in [3.05, 3.63) is 23.2 Å². The highest BCUT2D eigenvalue weighted by Gasteiger charge is 2.52. The fourth-order valence-corrected chi connectivity index (χ4v) is 1.62. The van der Waals surface area contributed by atoms with E-state index in [1.54, 1.807) is 0 Å². The van der Waals surface area contributed by atoms with Crippen LogP contribution in [-0.4, -0.2) is 23.3 Å². The van der Waals surface area contributed by atoms with Gasteiger partial charge >= 0.3 is 7.12 Å². The van der Waals surface area contributed by atoms with E-state index in [2.05, 4.69) is 4.98 Å². The SMILES string of the molecule is [2H]c1nc(Cl)c(F)c(B2OC(C)(C)C(C)(C)O2)c1[2H]. The molecule has 0 radical (unpaired) electrons. The third-order valence-corrected chi connectivity index (χ3v) is 3.50. The molecule has 0 atom stereocenters. The van der Waals surface area contributed by atoms with E-state index in [-0.39, 0.29) is 11.5 Å². The highest BCUT2D eigenvalue weighted by atomic mass is 35.5. The van der Waals surface area contributed by atoms with Crippen molar-refractivity contribution in [2.45, 2.75) is 38.9 Å². The molecule has 1 fully saturated rings. The average molecular weight is 260 g/mol. The van der Waals surface area contributed by atoms with Gasteiger partial charge in [-0.15, -0.1) is 0 Å². The molecule has 1 aromatic heterocycles. The van der Waals surface area contributed by atoms with Gasteiger partial charge in [0.1, 0.15) is 0 Å². The Bertz CT molecular complexity index is 500. The number of halogens is 2. The average Bonchev–Trinajstić information content (AvgIpc) is 2.45. The maximum atomic E-state index is 14.0. The Kier molecular flexibility index (Phi) is 2.38. The Hall–Kier alpha value is -0.645. The summed E-state index contributed by atoms with van der Waals surface area (Å²) in [6.07, 6.45) is -0.406. The molecule has 0 saturated carbocycles. The van der Waals surface area contributed by atoms with Crippen molar-refractivity contribution in [2.75, 3.05) is 0 Å². The van der Waals surface area contributed by atoms with E-state index in [0.29, 0.717) is 0 Å². The molecule has 0 spiro atoms. The van der Waals surface area contributed by atoms with E-state index in [1.807, 2.05) is 27.7 Å². The van der Waals surface area contributed by atoms with Gasteiger partial charge < -0.3 is 9.31 Å². The van der Waals surface area contributed by atoms with Gasteiger partial charge in [0.15, 0.2) is 11.0 Å². The van der Waals surface area contributed by atoms with Crippen molar-refractivity contribution in [3.8, 4) is 0 Å². The molecule has 0 N–H and O–H groups in total. The Morgan fingerprint density at radius 1 is 1.35 bits per heavy atom. The molecule has 0 aliphatic carbocycles. The third-order valence-electron chi connectivity index (χ3n) is 3.25. The van der Waals surface area contributed by atoms with Crippen LogP contribution in [0.4, 0.5) is 4.39 Å². The molecule has 2 rings (SSSR count). The minimum absolute atomic E-state index is 0.177. The zero-order valence-corrected chi connectivity index (χ0v) is 10.9. The molecular formula is C11H14BClFNO2. The van der Waals surface area contributed by atoms with Gasteiger partial charge in [0, 0.05) is 11.6 Å². The molecule has 92 valence electrons. The summed E-state index contributed by atoms with van der Waals surface area (Å²) >= 11 is 5.61. The third kappa shape index (κ3) is 2.07. The first-order valence-electron chi connectivity index (χ1n) is 6.24. The minimum atomic E-state index is -1.07. The summed E-state index contributed by atoms with van der Waals surface area (Å²) in [4.78, 5) is 3.44. The molecule has 0 bridgehead atoms. The molecule has 1 aliphatic rings. The van der Waals surface area contributed by atoms with Crippen LogP contribution in [0.1, 0.15) is 30.4 Å². The summed E-state index contributed by atoms with van der Waals surface area (Å²) in [5.41, 5.74) is -1.49. The van der Waals surface area contributed by atoms with Gasteiger partial charge in [-0.25, -0.2) is 9.37 Å². The molecule has 3 nitrogen and oxygen atoms in total. The van der Waals surface area contributed by atoms with Gasteiger partial charge in [0.05, 0.1) is 13.9 Å². The Morgan fingerprint density at radius 2 is 1.88 bits per heavy atom. The van der Waals surface area contributed by atoms with E-state index < -0.39 is 35.5 Å². The van der Waals surface area contributed by atoms with Gasteiger partial charge in [0.2, 0.25) is 0 Å². The number of aromatic nitrogens is 1. The van der Waals surface area contributed by atoms with Crippen molar-refractivity contribution in [2.24, 2.45) is 0 Å². The van der Waals surface area contributed by atoms with Crippen molar-refractivity contribution in [1.29, 1.82) is 0 Å². The van der Waals surface area contributed by atoms with Crippen LogP contribution >= 0.6 is 11.6 Å². The van der Waals surface area contributed by atoms with E-state index in [9.17, 15) is 4.39 Å². The van der Waals surface area contributed by atoms with Crippen LogP contribution < -0.4 is 5.46 Å². The van der Waals surface area contributed by atoms with Crippen molar-refractivity contribution < 1.29 is 16.4 Å². The normalized spacial score (nSPS) is 23.5. The second-order valence-electron chi connectivity index (χ2n) is 4.96. The lowest BCUT2D eigenvalue weighted by Gasteiger charge is -2.32. The van der Waals surface area contributed by atoms with Crippen LogP contribution in [0.25, 0.3) is 0 Å². The molecule has 1 aromatic rings. The van der Waals surface area contributed by atoms with Gasteiger partial charge in [-0.2, -0.15) is 0 Å². The maximum absolute atomic E-state index is 14.0. The predicted molar refractivity (Wildman–Crippen MR) is 64.9 cm³/mol. The summed E-state index contributed by atoms with van der Waals surface area (Å²) in [7, 11) is -1.07. The number of rotatable bonds is 1. The van der Waals surface area contributed by atoms with Crippen molar-refractivity contribution in [3.63, 3.8) is 0 Å². The van der Waals surface area contributed by atoms with Crippen molar-refractivity contribution in [1.82, 2.24) is 4.98 Å². The van der Waals surface area contributed by atoms with Crippen LogP contribution in [0.15, 0.2) is 12.2 Å². The molecule has 17 heavy (non-hydrogen) atoms. The first-order chi connectivity index (χ1) is 8.57. The molecule has 2 heterocycles. The van der Waals surface area contributed by atoms with E-state index in [4.69, 9.17) is 23.7 Å². The van der Waals surface area contributed by atoms with Crippen LogP contribution in [0, 0.1) is 5.82 Å². The lowest BCUT2D eigenvalue weighted by atomic mass is 9.79. The predicted octanol–water partition coefficient (Wildman–Crippen LogP) is 2.17. The van der Waals surface area contributed by atoms with Crippen LogP contribution in [-0.2, 0) is 9.31 Å². The Labute approximate surface area is 108 Å². The summed E-state index contributed by atoms with van der Waals surface area (Å²) in [5.74, 6) is -0.874. The monoisotopic (exact) mass is 259 g/mol. The molecule has 0 unspecified atom stereocenters. The second kappa shape index (κ2) is 3.94. The fourth-order valence-electron chi connectivity index (χ4n) is 1.48. The topological polar surface area (TPSA) is 31.4 Å². The largest absolute Gasteiger partial charge is 0.498 e. The standard InChI is InChI=1S/C11H14BClFNO2/c1-10(2)11(3,4)17-12(16-10)7-5-6-15-9(13)8(7)14/h5-6H,1-4H3/i5D,6D. The number of pyridine rings is 1. The van der Waals surface area contributed by atoms with Crippen LogP contribution in [0.3, 0.4) is 0 Å². The summed E-state index contributed by atoms with van der Waals surface area (Å²) in [6.45, 7) is 7.27. The lowest BCUT2D eigenvalue weighted by Crippen LogP contribution is -2.41. The van der Waals surface area contributed by atoms with E-state index in [1.165, 1.54) is 0 Å². The number of nitrogens with zero attached hydrogens (tertiary/aromatic N) is 1. The summed E-state index contributed by atoms with van der Waals surface area (Å²) in [6, 6.07) is -0.375. The first-order valence-corrected chi connectivity index (χ1v) is 5.62. The van der Waals surface area contributed by atoms with Gasteiger partial charge in [-0.1, -0.05) is 11.6 Å². The van der Waals surface area contributed by atoms with Gasteiger partial charge in [0.25, 0.3) is 0 Å². The first kappa shape index (κ1) is 10.3. The lowest BCUT2D eigenvalue weighted by molar-refractivity contribution is 0.00578. The molecule has 6 heteroatoms. The Morgan fingerprint density at radius 3 is 2.41 bits per heavy atom. The van der Waals surface area contributed by atoms with Gasteiger partial charge in [-0.3, -0.25) is 0 Å². The molecule has 0 amide bonds. The zero-order chi connectivity index (χ0) is 14.6. The molecular weight excluding hydrogens is 243 g/mol. The van der Waals surface area contributed by atoms with E-state index >= 15 is 0 Å². The highest BCUT2D eigenvalue weighted by molar-refractivity contribution is 6.62.